The first kappa shape index (κ1) is 16.5. The Hall–Kier alpha value is -0.570. The molecule has 1 aliphatic rings. The highest BCUT2D eigenvalue weighted by Crippen LogP contribution is 2.19. The average Bonchev–Trinajstić information content (AvgIpc) is 2.25. The van der Waals surface area contributed by atoms with Crippen molar-refractivity contribution in [2.24, 2.45) is 23.7 Å². The summed E-state index contributed by atoms with van der Waals surface area (Å²) in [5.74, 6) is 2.42. The highest BCUT2D eigenvalue weighted by molar-refractivity contribution is 5.79. The molecule has 3 nitrogen and oxygen atoms in total. The SMILES string of the molecule is CC(C)CCN(CCC(C)C)C(=O)C(C)C1CNC1. The molecule has 3 heteroatoms. The lowest BCUT2D eigenvalue weighted by atomic mass is 9.87. The second-order valence-electron chi connectivity index (χ2n) is 6.90. The molecule has 0 bridgehead atoms. The third-order valence-corrected chi connectivity index (χ3v) is 4.17. The molecule has 0 spiro atoms. The first-order chi connectivity index (χ1) is 8.91. The number of nitrogens with one attached hydrogen (secondary N) is 1. The van der Waals surface area contributed by atoms with Gasteiger partial charge in [-0.1, -0.05) is 34.6 Å². The van der Waals surface area contributed by atoms with Crippen LogP contribution in [0.4, 0.5) is 0 Å². The molecule has 1 aliphatic heterocycles. The van der Waals surface area contributed by atoms with Gasteiger partial charge in [-0.3, -0.25) is 4.79 Å². The van der Waals surface area contributed by atoms with E-state index in [-0.39, 0.29) is 5.92 Å². The number of hydrogen-bond donors (Lipinski definition) is 1. The minimum Gasteiger partial charge on any atom is -0.342 e. The van der Waals surface area contributed by atoms with Crippen molar-refractivity contribution in [3.63, 3.8) is 0 Å². The zero-order chi connectivity index (χ0) is 14.4. The maximum Gasteiger partial charge on any atom is 0.225 e. The van der Waals surface area contributed by atoms with Gasteiger partial charge >= 0.3 is 0 Å². The van der Waals surface area contributed by atoms with Crippen LogP contribution in [0.2, 0.25) is 0 Å². The largest absolute Gasteiger partial charge is 0.342 e. The highest BCUT2D eigenvalue weighted by atomic mass is 16.2. The number of amides is 1. The summed E-state index contributed by atoms with van der Waals surface area (Å²) >= 11 is 0. The van der Waals surface area contributed by atoms with Crippen molar-refractivity contribution in [3.8, 4) is 0 Å². The van der Waals surface area contributed by atoms with Crippen molar-refractivity contribution >= 4 is 5.91 Å². The van der Waals surface area contributed by atoms with Gasteiger partial charge in [0.25, 0.3) is 0 Å². The van der Waals surface area contributed by atoms with Crippen molar-refractivity contribution in [2.75, 3.05) is 26.2 Å². The summed E-state index contributed by atoms with van der Waals surface area (Å²) in [5, 5.41) is 3.27. The van der Waals surface area contributed by atoms with Crippen LogP contribution in [-0.2, 0) is 4.79 Å². The first-order valence-electron chi connectivity index (χ1n) is 7.91. The van der Waals surface area contributed by atoms with Gasteiger partial charge in [-0.05, 0) is 43.7 Å². The Bertz CT molecular complexity index is 260. The molecule has 0 aromatic heterocycles. The second kappa shape index (κ2) is 7.88. The summed E-state index contributed by atoms with van der Waals surface area (Å²) in [4.78, 5) is 14.7. The molecule has 0 radical (unpaired) electrons. The fourth-order valence-electron chi connectivity index (χ4n) is 2.31. The molecule has 0 aromatic carbocycles. The molecule has 0 aromatic rings. The Balaban J connectivity index is 2.51. The molecule has 112 valence electrons. The maximum atomic E-state index is 12.6. The number of hydrogen-bond acceptors (Lipinski definition) is 2. The summed E-state index contributed by atoms with van der Waals surface area (Å²) < 4.78 is 0. The lowest BCUT2D eigenvalue weighted by Gasteiger charge is -2.35. The van der Waals surface area contributed by atoms with E-state index in [0.717, 1.165) is 39.0 Å². The van der Waals surface area contributed by atoms with E-state index in [2.05, 4.69) is 44.8 Å². The quantitative estimate of drug-likeness (QED) is 0.734. The fraction of sp³-hybridized carbons (Fsp3) is 0.938. The van der Waals surface area contributed by atoms with Gasteiger partial charge < -0.3 is 10.2 Å². The molecule has 1 amide bonds. The van der Waals surface area contributed by atoms with Crippen LogP contribution in [0.1, 0.15) is 47.5 Å². The van der Waals surface area contributed by atoms with E-state index in [4.69, 9.17) is 0 Å². The van der Waals surface area contributed by atoms with E-state index in [9.17, 15) is 4.79 Å². The molecule has 1 saturated heterocycles. The van der Waals surface area contributed by atoms with Crippen LogP contribution in [-0.4, -0.2) is 37.0 Å². The zero-order valence-electron chi connectivity index (χ0n) is 13.4. The van der Waals surface area contributed by atoms with Crippen LogP contribution in [0.15, 0.2) is 0 Å². The molecule has 0 saturated carbocycles. The molecule has 19 heavy (non-hydrogen) atoms. The highest BCUT2D eigenvalue weighted by Gasteiger charge is 2.31. The third kappa shape index (κ3) is 5.52. The van der Waals surface area contributed by atoms with Crippen LogP contribution in [0.5, 0.6) is 0 Å². The van der Waals surface area contributed by atoms with Gasteiger partial charge in [0.15, 0.2) is 0 Å². The molecule has 1 atom stereocenters. The number of rotatable bonds is 8. The van der Waals surface area contributed by atoms with Crippen LogP contribution < -0.4 is 5.32 Å². The average molecular weight is 268 g/mol. The first-order valence-corrected chi connectivity index (χ1v) is 7.91. The van der Waals surface area contributed by atoms with Crippen LogP contribution in [0.3, 0.4) is 0 Å². The van der Waals surface area contributed by atoms with Gasteiger partial charge in [-0.25, -0.2) is 0 Å². The molecule has 1 rings (SSSR count). The Morgan fingerprint density at radius 1 is 1.05 bits per heavy atom. The Morgan fingerprint density at radius 3 is 1.84 bits per heavy atom. The van der Waals surface area contributed by atoms with E-state index >= 15 is 0 Å². The molecular weight excluding hydrogens is 236 g/mol. The maximum absolute atomic E-state index is 12.6. The van der Waals surface area contributed by atoms with Gasteiger partial charge in [0, 0.05) is 19.0 Å². The summed E-state index contributed by atoms with van der Waals surface area (Å²) in [6.07, 6.45) is 2.22. The lowest BCUT2D eigenvalue weighted by molar-refractivity contribution is -0.137. The minimum atomic E-state index is 0.181. The van der Waals surface area contributed by atoms with Gasteiger partial charge in [-0.2, -0.15) is 0 Å². The van der Waals surface area contributed by atoms with E-state index in [1.54, 1.807) is 0 Å². The Labute approximate surface area is 119 Å². The standard InChI is InChI=1S/C16H32N2O/c1-12(2)6-8-18(9-7-13(3)4)16(19)14(5)15-10-17-11-15/h12-15,17H,6-11H2,1-5H3. The van der Waals surface area contributed by atoms with E-state index in [0.29, 0.717) is 23.7 Å². The van der Waals surface area contributed by atoms with Gasteiger partial charge in [0.1, 0.15) is 0 Å². The minimum absolute atomic E-state index is 0.181. The predicted octanol–water partition coefficient (Wildman–Crippen LogP) is 2.76. The molecular formula is C16H32N2O. The van der Waals surface area contributed by atoms with Crippen molar-refractivity contribution in [1.29, 1.82) is 0 Å². The number of nitrogens with zero attached hydrogens (tertiary/aromatic N) is 1. The molecule has 1 unspecified atom stereocenters. The van der Waals surface area contributed by atoms with Crippen LogP contribution in [0.25, 0.3) is 0 Å². The van der Waals surface area contributed by atoms with Gasteiger partial charge in [0.05, 0.1) is 0 Å². The zero-order valence-corrected chi connectivity index (χ0v) is 13.4. The molecule has 1 heterocycles. The normalized spacial score (nSPS) is 17.6. The van der Waals surface area contributed by atoms with E-state index in [1.807, 2.05) is 0 Å². The smallest absolute Gasteiger partial charge is 0.225 e. The van der Waals surface area contributed by atoms with Crippen LogP contribution >= 0.6 is 0 Å². The van der Waals surface area contributed by atoms with Gasteiger partial charge in [-0.15, -0.1) is 0 Å². The molecule has 1 N–H and O–H groups in total. The van der Waals surface area contributed by atoms with Crippen molar-refractivity contribution < 1.29 is 4.79 Å². The lowest BCUT2D eigenvalue weighted by Crippen LogP contribution is -2.50. The van der Waals surface area contributed by atoms with E-state index in [1.165, 1.54) is 0 Å². The Kier molecular flexibility index (Phi) is 6.84. The fourth-order valence-corrected chi connectivity index (χ4v) is 2.31. The molecule has 0 aliphatic carbocycles. The van der Waals surface area contributed by atoms with Crippen molar-refractivity contribution in [2.45, 2.75) is 47.5 Å². The van der Waals surface area contributed by atoms with Crippen molar-refractivity contribution in [3.05, 3.63) is 0 Å². The van der Waals surface area contributed by atoms with Gasteiger partial charge in [0.2, 0.25) is 5.91 Å². The summed E-state index contributed by atoms with van der Waals surface area (Å²) in [7, 11) is 0. The second-order valence-corrected chi connectivity index (χ2v) is 6.90. The summed E-state index contributed by atoms with van der Waals surface area (Å²) in [5.41, 5.74) is 0. The monoisotopic (exact) mass is 268 g/mol. The topological polar surface area (TPSA) is 32.3 Å². The predicted molar refractivity (Wildman–Crippen MR) is 81.0 cm³/mol. The van der Waals surface area contributed by atoms with Crippen molar-refractivity contribution in [1.82, 2.24) is 10.2 Å². The molecule has 1 fully saturated rings. The Morgan fingerprint density at radius 2 is 1.53 bits per heavy atom. The number of carbonyl (C=O) groups is 1. The van der Waals surface area contributed by atoms with E-state index < -0.39 is 0 Å². The van der Waals surface area contributed by atoms with Crippen LogP contribution in [0, 0.1) is 23.7 Å². The summed E-state index contributed by atoms with van der Waals surface area (Å²) in [6.45, 7) is 14.9. The number of carbonyl (C=O) groups excluding carboxylic acids is 1. The summed E-state index contributed by atoms with van der Waals surface area (Å²) in [6, 6.07) is 0. The third-order valence-electron chi connectivity index (χ3n) is 4.17.